The number of allylic oxidation sites excluding steroid dienone is 2. The second-order valence-electron chi connectivity index (χ2n) is 24.1. The number of ketones is 2. The molecule has 0 radical (unpaired) electrons. The first-order chi connectivity index (χ1) is 38.9. The van der Waals surface area contributed by atoms with E-state index in [0.29, 0.717) is 64.6 Å². The van der Waals surface area contributed by atoms with Crippen molar-refractivity contribution in [2.75, 3.05) is 38.7 Å². The number of aliphatic hydroxyl groups excluding tert-OH is 4. The number of hydrogen-bond acceptors (Lipinski definition) is 11. The van der Waals surface area contributed by atoms with E-state index in [2.05, 4.69) is 107 Å². The second kappa shape index (κ2) is 25.7. The largest absolute Gasteiger partial charge is 0.504 e. The van der Waals surface area contributed by atoms with Gasteiger partial charge in [0.05, 0.1) is 25.2 Å². The van der Waals surface area contributed by atoms with Gasteiger partial charge < -0.3 is 51.2 Å². The zero-order chi connectivity index (χ0) is 55.9. The average molecular weight is 1090 g/mol. The number of phenolic OH excluding ortho intramolecular Hbond substituents is 1. The van der Waals surface area contributed by atoms with Gasteiger partial charge in [0.15, 0.2) is 29.2 Å². The molecule has 2 saturated carbocycles. The van der Waals surface area contributed by atoms with E-state index < -0.39 is 53.0 Å². The predicted octanol–water partition coefficient (Wildman–Crippen LogP) is 10.3. The molecule has 12 heteroatoms. The molecule has 10 rings (SSSR count). The number of aliphatic hydroxyl groups is 4. The monoisotopic (exact) mass is 1080 g/mol. The van der Waals surface area contributed by atoms with Crippen LogP contribution in [-0.2, 0) is 27.8 Å². The van der Waals surface area contributed by atoms with Gasteiger partial charge in [0.2, 0.25) is 0 Å². The van der Waals surface area contributed by atoms with Crippen LogP contribution < -0.4 is 20.7 Å². The van der Waals surface area contributed by atoms with Crippen LogP contribution in [0.2, 0.25) is 0 Å². The number of carbonyl (C=O) groups is 2. The SMILES string of the molecule is CCCC1C2CC(CC3C#CC(c4ccccc4)c4cc(O)c(OC)cc4CCC(=O)C(O)C(=O)C3C2)C(CCCO)C2=CCNC(=C2)Nc2ccc3ccc(cc3c2)CC(O)CNCC(C)c2c[nH]c(c2)C2(CCCCC2)C1O. The number of aromatic nitrogens is 1. The number of benzene rings is 4. The number of dihydropyridines is 1. The number of hydrogen-bond donors (Lipinski definition) is 9. The maximum Gasteiger partial charge on any atom is 0.173 e. The normalized spacial score (nSPS) is 28.6. The van der Waals surface area contributed by atoms with Crippen LogP contribution in [0.5, 0.6) is 11.5 Å². The lowest BCUT2D eigenvalue weighted by Gasteiger charge is -2.46. The molecule has 9 N–H and O–H groups in total. The van der Waals surface area contributed by atoms with Gasteiger partial charge in [0.25, 0.3) is 0 Å². The zero-order valence-electron chi connectivity index (χ0n) is 47.1. The van der Waals surface area contributed by atoms with E-state index in [1.165, 1.54) is 7.11 Å². The van der Waals surface area contributed by atoms with E-state index in [1.54, 1.807) is 12.1 Å². The van der Waals surface area contributed by atoms with E-state index >= 15 is 4.79 Å². The lowest BCUT2D eigenvalue weighted by atomic mass is 9.61. The van der Waals surface area contributed by atoms with Crippen molar-refractivity contribution >= 4 is 28.0 Å². The lowest BCUT2D eigenvalue weighted by molar-refractivity contribution is -0.142. The number of Topliss-reactive ketones (excluding diaryl/α,β-unsaturated/α-hetero) is 2. The average Bonchev–Trinajstić information content (AvgIpc) is 3.91. The highest BCUT2D eigenvalue weighted by atomic mass is 16.5. The first kappa shape index (κ1) is 57.1. The highest BCUT2D eigenvalue weighted by Gasteiger charge is 2.50. The van der Waals surface area contributed by atoms with Crippen molar-refractivity contribution in [2.24, 2.45) is 35.5 Å². The molecule has 0 amide bonds. The Kier molecular flexibility index (Phi) is 18.3. The number of rotatable bonds is 7. The van der Waals surface area contributed by atoms with Crippen LogP contribution in [-0.4, -0.2) is 93.7 Å². The highest BCUT2D eigenvalue weighted by Crippen LogP contribution is 2.52. The number of methoxy groups -OCH3 is 1. The van der Waals surface area contributed by atoms with Gasteiger partial charge in [0, 0.05) is 67.5 Å². The fraction of sp³-hybridized carbons (Fsp3) is 0.500. The molecule has 424 valence electrons. The number of phenols is 1. The van der Waals surface area contributed by atoms with Crippen molar-refractivity contribution in [3.63, 3.8) is 0 Å². The molecule has 80 heavy (non-hydrogen) atoms. The molecule has 1 spiro atoms. The van der Waals surface area contributed by atoms with E-state index in [4.69, 9.17) is 4.74 Å². The molecular weight excluding hydrogens is 1000 g/mol. The number of anilines is 1. The van der Waals surface area contributed by atoms with Gasteiger partial charge in [-0.25, -0.2) is 0 Å². The summed E-state index contributed by atoms with van der Waals surface area (Å²) in [6.45, 7) is 6.05. The Morgan fingerprint density at radius 3 is 2.42 bits per heavy atom. The summed E-state index contributed by atoms with van der Waals surface area (Å²) in [5, 5.41) is 72.1. The van der Waals surface area contributed by atoms with Crippen LogP contribution in [0.25, 0.3) is 10.8 Å². The summed E-state index contributed by atoms with van der Waals surface area (Å²) in [6.07, 6.45) is 12.8. The molecule has 5 aliphatic rings. The molecule has 3 heterocycles. The number of carbonyl (C=O) groups excluding carboxylic acids is 2. The molecule has 12 nitrogen and oxygen atoms in total. The number of aromatic hydroxyl groups is 1. The molecule has 5 aromatic rings. The molecule has 2 fully saturated rings. The van der Waals surface area contributed by atoms with Crippen molar-refractivity contribution in [3.8, 4) is 23.3 Å². The summed E-state index contributed by atoms with van der Waals surface area (Å²) in [6, 6.07) is 28.4. The van der Waals surface area contributed by atoms with Crippen LogP contribution >= 0.6 is 0 Å². The summed E-state index contributed by atoms with van der Waals surface area (Å²) in [5.41, 5.74) is 7.06. The Bertz CT molecular complexity index is 3090. The fourth-order valence-electron chi connectivity index (χ4n) is 14.7. The van der Waals surface area contributed by atoms with Gasteiger partial charge in [0.1, 0.15) is 5.82 Å². The zero-order valence-corrected chi connectivity index (χ0v) is 47.1. The summed E-state index contributed by atoms with van der Waals surface area (Å²) in [5.74, 6) is 4.94. The third-order valence-corrected chi connectivity index (χ3v) is 18.9. The number of aryl methyl sites for hydroxylation is 1. The van der Waals surface area contributed by atoms with Crippen LogP contribution in [0.15, 0.2) is 115 Å². The smallest absolute Gasteiger partial charge is 0.173 e. The van der Waals surface area contributed by atoms with E-state index in [-0.39, 0.29) is 60.5 Å². The quantitative estimate of drug-likeness (QED) is 0.0556. The number of fused-ring (bicyclic) bond motifs is 10. The third kappa shape index (κ3) is 12.5. The number of ether oxygens (including phenoxy) is 1. The van der Waals surface area contributed by atoms with E-state index in [0.717, 1.165) is 99.9 Å². The first-order valence-electron chi connectivity index (χ1n) is 29.9. The van der Waals surface area contributed by atoms with Crippen molar-refractivity contribution in [3.05, 3.63) is 148 Å². The van der Waals surface area contributed by atoms with E-state index in [9.17, 15) is 30.3 Å². The Morgan fingerprint density at radius 2 is 1.64 bits per heavy atom. The molecular formula is C68H84N4O8. The van der Waals surface area contributed by atoms with Gasteiger partial charge in [-0.2, -0.15) is 0 Å². The predicted molar refractivity (Wildman–Crippen MR) is 315 cm³/mol. The van der Waals surface area contributed by atoms with Crippen LogP contribution in [0, 0.1) is 47.3 Å². The number of nitrogens with one attached hydrogen (secondary N) is 4. The maximum absolute atomic E-state index is 15.5. The standard InChI is InChI=1S/C68H84N4O8/c1-4-12-57-51-32-50(31-46-19-22-56(45-13-7-5-8-14-45)58-38-61(76)62(80-3)35-47(58)20-23-60(75)66(78)65(77)59(46)34-51)55(15-11-28-73)48-24-27-70-64(37-48)72-53-21-18-44-17-16-43(29-49(44)33-53)30-54(74)41-69-39-42(2)52-36-63(71-40-52)68(67(57)79)25-9-6-10-26-68/h5,7-8,13-14,16-18,21,24,29,33,35-38,40,42,46,50-51,54-57,59,66-67,69-74,76,78-79H,4,6,9-12,15,20,23,25-28,30-32,34,39,41H2,1-3H3. The van der Waals surface area contributed by atoms with Gasteiger partial charge in [-0.15, -0.1) is 0 Å². The fourth-order valence-corrected chi connectivity index (χ4v) is 14.7. The van der Waals surface area contributed by atoms with Crippen LogP contribution in [0.3, 0.4) is 0 Å². The van der Waals surface area contributed by atoms with Crippen molar-refractivity contribution in [2.45, 2.75) is 146 Å². The Labute approximate surface area is 472 Å². The van der Waals surface area contributed by atoms with Gasteiger partial charge >= 0.3 is 0 Å². The van der Waals surface area contributed by atoms with Crippen LogP contribution in [0.4, 0.5) is 5.69 Å². The van der Waals surface area contributed by atoms with Crippen LogP contribution in [0.1, 0.15) is 143 Å². The van der Waals surface area contributed by atoms with Crippen molar-refractivity contribution in [1.29, 1.82) is 0 Å². The lowest BCUT2D eigenvalue weighted by Crippen LogP contribution is -2.48. The van der Waals surface area contributed by atoms with Gasteiger partial charge in [-0.3, -0.25) is 9.59 Å². The van der Waals surface area contributed by atoms with Gasteiger partial charge in [-0.05, 0) is 174 Å². The summed E-state index contributed by atoms with van der Waals surface area (Å²) < 4.78 is 5.57. The maximum atomic E-state index is 15.5. The molecule has 2 aliphatic heterocycles. The minimum atomic E-state index is -1.87. The molecule has 11 unspecified atom stereocenters. The number of β-amino-alcohol motifs (C(OH)–C–C–N with tert-alkyl or cyclic N) is 1. The summed E-state index contributed by atoms with van der Waals surface area (Å²) in [7, 11) is 1.49. The Morgan fingerprint density at radius 1 is 0.825 bits per heavy atom. The molecule has 3 aliphatic carbocycles. The summed E-state index contributed by atoms with van der Waals surface area (Å²) >= 11 is 0. The van der Waals surface area contributed by atoms with Gasteiger partial charge in [-0.1, -0.05) is 112 Å². The van der Waals surface area contributed by atoms with Crippen molar-refractivity contribution in [1.82, 2.24) is 15.6 Å². The highest BCUT2D eigenvalue weighted by molar-refractivity contribution is 6.06. The number of aromatic amines is 1. The van der Waals surface area contributed by atoms with E-state index in [1.807, 2.05) is 30.3 Å². The van der Waals surface area contributed by atoms with Crippen molar-refractivity contribution < 1.29 is 39.9 Å². The topological polar surface area (TPSA) is 196 Å². The summed E-state index contributed by atoms with van der Waals surface area (Å²) in [4.78, 5) is 33.6. The Balaban J connectivity index is 1.14. The first-order valence-corrected chi connectivity index (χ1v) is 29.9. The molecule has 0 saturated heterocycles. The minimum Gasteiger partial charge on any atom is -0.504 e. The number of H-pyrrole nitrogens is 1. The third-order valence-electron chi connectivity index (χ3n) is 18.9. The molecule has 1 aromatic heterocycles. The second-order valence-corrected chi connectivity index (χ2v) is 24.1. The Hall–Kier alpha value is -6.20. The molecule has 4 aromatic carbocycles. The molecule has 9 bridgehead atoms. The minimum absolute atomic E-state index is 0.00403. The molecule has 11 atom stereocenters.